The van der Waals surface area contributed by atoms with E-state index in [1.54, 1.807) is 6.08 Å². The third kappa shape index (κ3) is 8.31. The van der Waals surface area contributed by atoms with E-state index in [9.17, 15) is 9.90 Å². The second-order valence-electron chi connectivity index (χ2n) is 11.8. The molecule has 0 bridgehead atoms. The van der Waals surface area contributed by atoms with Crippen molar-refractivity contribution < 1.29 is 19.1 Å². The van der Waals surface area contributed by atoms with E-state index in [0.29, 0.717) is 0 Å². The topological polar surface area (TPSA) is 55.8 Å². The molecular formula is C27H48O4Si. The number of ether oxygens (including phenoxy) is 1. The van der Waals surface area contributed by atoms with Crippen LogP contribution in [0.15, 0.2) is 36.0 Å². The molecule has 0 heterocycles. The van der Waals surface area contributed by atoms with Gasteiger partial charge >= 0.3 is 5.97 Å². The van der Waals surface area contributed by atoms with Gasteiger partial charge in [-0.2, -0.15) is 0 Å². The molecule has 1 saturated carbocycles. The predicted octanol–water partition coefficient (Wildman–Crippen LogP) is 6.97. The molecule has 1 rings (SSSR count). The standard InChI is InChI=1S/C27H48O4Si/c1-21(13-12-20-31-32(9,10)25(2,3)4)16-18-27(7)19-17-22(26(5,6)29)23(27)14-11-15-24(28)30-8/h11,14-15,22,29H,1,12-13,16-20H2,2-10H3/b15-11+,23-14+/t22-,27-/m1/s1. The molecule has 0 radical (unpaired) electrons. The van der Waals surface area contributed by atoms with Gasteiger partial charge in [-0.25, -0.2) is 4.79 Å². The van der Waals surface area contributed by atoms with Crippen molar-refractivity contribution in [2.45, 2.75) is 104 Å². The Hall–Kier alpha value is -1.17. The Kier molecular flexibility index (Phi) is 10.2. The zero-order valence-electron chi connectivity index (χ0n) is 22.1. The second-order valence-corrected chi connectivity index (χ2v) is 16.6. The molecule has 1 fully saturated rings. The lowest BCUT2D eigenvalue weighted by atomic mass is 9.74. The normalized spacial score (nSPS) is 23.8. The van der Waals surface area contributed by atoms with E-state index in [1.165, 1.54) is 24.3 Å². The minimum atomic E-state index is -1.69. The molecule has 0 aliphatic heterocycles. The minimum absolute atomic E-state index is 0.00823. The molecule has 0 saturated heterocycles. The molecule has 4 nitrogen and oxygen atoms in total. The quantitative estimate of drug-likeness (QED) is 0.118. The maximum Gasteiger partial charge on any atom is 0.330 e. The SMILES string of the molecule is C=C(CCCO[Si](C)(C)C(C)(C)C)CC[C@]1(C)CC[C@@H](C(C)(C)O)/C1=C\C=C\C(=O)OC. The average Bonchev–Trinajstić information content (AvgIpc) is 3.00. The van der Waals surface area contributed by atoms with Crippen LogP contribution in [-0.4, -0.2) is 38.7 Å². The number of carbonyl (C=O) groups excluding carboxylic acids is 1. The highest BCUT2D eigenvalue weighted by Gasteiger charge is 2.45. The van der Waals surface area contributed by atoms with Crippen molar-refractivity contribution >= 4 is 14.3 Å². The van der Waals surface area contributed by atoms with E-state index in [0.717, 1.165) is 45.1 Å². The molecule has 5 heteroatoms. The van der Waals surface area contributed by atoms with Crippen molar-refractivity contribution in [2.24, 2.45) is 11.3 Å². The van der Waals surface area contributed by atoms with E-state index >= 15 is 0 Å². The van der Waals surface area contributed by atoms with Crippen LogP contribution in [0.4, 0.5) is 0 Å². The Morgan fingerprint density at radius 3 is 2.41 bits per heavy atom. The highest BCUT2D eigenvalue weighted by Crippen LogP contribution is 2.53. The Morgan fingerprint density at radius 1 is 1.25 bits per heavy atom. The molecule has 0 aromatic carbocycles. The predicted molar refractivity (Wildman–Crippen MR) is 137 cm³/mol. The van der Waals surface area contributed by atoms with E-state index in [-0.39, 0.29) is 22.3 Å². The molecule has 0 aromatic heterocycles. The summed E-state index contributed by atoms with van der Waals surface area (Å²) >= 11 is 0. The summed E-state index contributed by atoms with van der Waals surface area (Å²) in [5, 5.41) is 11.0. The van der Waals surface area contributed by atoms with Gasteiger partial charge in [-0.3, -0.25) is 0 Å². The van der Waals surface area contributed by atoms with Crippen molar-refractivity contribution in [3.8, 4) is 0 Å². The Labute approximate surface area is 198 Å². The van der Waals surface area contributed by atoms with Crippen molar-refractivity contribution in [1.82, 2.24) is 0 Å². The van der Waals surface area contributed by atoms with Crippen LogP contribution in [0.3, 0.4) is 0 Å². The summed E-state index contributed by atoms with van der Waals surface area (Å²) in [7, 11) is -0.310. The molecule has 2 atom stereocenters. The summed E-state index contributed by atoms with van der Waals surface area (Å²) in [4.78, 5) is 11.5. The van der Waals surface area contributed by atoms with Gasteiger partial charge in [-0.05, 0) is 75.9 Å². The molecule has 1 aliphatic carbocycles. The molecule has 0 aromatic rings. The minimum Gasteiger partial charge on any atom is -0.466 e. The number of methoxy groups -OCH3 is 1. The second kappa shape index (κ2) is 11.3. The Bertz CT molecular complexity index is 706. The van der Waals surface area contributed by atoms with Crippen LogP contribution in [0.2, 0.25) is 18.1 Å². The summed E-state index contributed by atoms with van der Waals surface area (Å²) < 4.78 is 11.0. The highest BCUT2D eigenvalue weighted by atomic mass is 28.4. The fourth-order valence-electron chi connectivity index (χ4n) is 4.25. The van der Waals surface area contributed by atoms with Gasteiger partial charge < -0.3 is 14.3 Å². The molecule has 1 N–H and O–H groups in total. The van der Waals surface area contributed by atoms with Gasteiger partial charge in [0.2, 0.25) is 0 Å². The van der Waals surface area contributed by atoms with Crippen LogP contribution in [0, 0.1) is 11.3 Å². The van der Waals surface area contributed by atoms with E-state index in [2.05, 4.69) is 47.4 Å². The first-order chi connectivity index (χ1) is 14.5. The summed E-state index contributed by atoms with van der Waals surface area (Å²) in [5.74, 6) is -0.282. The number of allylic oxidation sites excluding steroid dienone is 3. The van der Waals surface area contributed by atoms with E-state index in [1.807, 2.05) is 19.9 Å². The zero-order chi connectivity index (χ0) is 24.8. The molecule has 0 amide bonds. The van der Waals surface area contributed by atoms with Crippen LogP contribution < -0.4 is 0 Å². The monoisotopic (exact) mass is 464 g/mol. The molecule has 0 spiro atoms. The van der Waals surface area contributed by atoms with Gasteiger partial charge in [-0.1, -0.05) is 57.6 Å². The third-order valence-electron chi connectivity index (χ3n) is 7.59. The lowest BCUT2D eigenvalue weighted by molar-refractivity contribution is -0.134. The average molecular weight is 465 g/mol. The van der Waals surface area contributed by atoms with Crippen LogP contribution >= 0.6 is 0 Å². The van der Waals surface area contributed by atoms with Crippen LogP contribution in [0.5, 0.6) is 0 Å². The van der Waals surface area contributed by atoms with Gasteiger partial charge in [0, 0.05) is 18.6 Å². The van der Waals surface area contributed by atoms with Crippen molar-refractivity contribution in [3.05, 3.63) is 36.0 Å². The van der Waals surface area contributed by atoms with E-state index in [4.69, 9.17) is 9.16 Å². The van der Waals surface area contributed by atoms with Crippen molar-refractivity contribution in [2.75, 3.05) is 13.7 Å². The Balaban J connectivity index is 2.71. The lowest BCUT2D eigenvalue weighted by Gasteiger charge is -2.36. The van der Waals surface area contributed by atoms with Crippen LogP contribution in [0.1, 0.15) is 80.1 Å². The smallest absolute Gasteiger partial charge is 0.330 e. The summed E-state index contributed by atoms with van der Waals surface area (Å²) in [6.45, 7) is 22.6. The molecule has 184 valence electrons. The summed E-state index contributed by atoms with van der Waals surface area (Å²) in [5.41, 5.74) is 1.69. The van der Waals surface area contributed by atoms with Gasteiger partial charge in [-0.15, -0.1) is 0 Å². The fraction of sp³-hybridized carbons (Fsp3) is 0.741. The van der Waals surface area contributed by atoms with Gasteiger partial charge in [0.1, 0.15) is 0 Å². The highest BCUT2D eigenvalue weighted by molar-refractivity contribution is 6.74. The number of esters is 1. The number of carbonyl (C=O) groups is 1. The van der Waals surface area contributed by atoms with Crippen molar-refractivity contribution in [3.63, 3.8) is 0 Å². The van der Waals surface area contributed by atoms with Crippen LogP contribution in [0.25, 0.3) is 0 Å². The third-order valence-corrected chi connectivity index (χ3v) is 12.1. The molecule has 0 unspecified atom stereocenters. The number of hydrogen-bond acceptors (Lipinski definition) is 4. The van der Waals surface area contributed by atoms with Gasteiger partial charge in [0.25, 0.3) is 0 Å². The largest absolute Gasteiger partial charge is 0.466 e. The molecule has 32 heavy (non-hydrogen) atoms. The first-order valence-electron chi connectivity index (χ1n) is 12.0. The number of hydrogen-bond donors (Lipinski definition) is 1. The number of aliphatic hydroxyl groups is 1. The van der Waals surface area contributed by atoms with Crippen LogP contribution in [-0.2, 0) is 14.0 Å². The van der Waals surface area contributed by atoms with Gasteiger partial charge in [0.15, 0.2) is 8.32 Å². The zero-order valence-corrected chi connectivity index (χ0v) is 23.1. The van der Waals surface area contributed by atoms with E-state index < -0.39 is 13.9 Å². The summed E-state index contributed by atoms with van der Waals surface area (Å²) in [6, 6.07) is 0. The van der Waals surface area contributed by atoms with Gasteiger partial charge in [0.05, 0.1) is 12.7 Å². The first kappa shape index (κ1) is 28.9. The lowest BCUT2D eigenvalue weighted by Crippen LogP contribution is -2.40. The summed E-state index contributed by atoms with van der Waals surface area (Å²) in [6.07, 6.45) is 11.2. The maximum atomic E-state index is 11.5. The number of rotatable bonds is 11. The maximum absolute atomic E-state index is 11.5. The first-order valence-corrected chi connectivity index (χ1v) is 14.9. The molecular weight excluding hydrogens is 416 g/mol. The Morgan fingerprint density at radius 2 is 1.88 bits per heavy atom. The molecule has 1 aliphatic rings. The fourth-order valence-corrected chi connectivity index (χ4v) is 5.33. The van der Waals surface area contributed by atoms with Crippen molar-refractivity contribution in [1.29, 1.82) is 0 Å².